The van der Waals surface area contributed by atoms with E-state index in [1.54, 1.807) is 6.92 Å². The maximum absolute atomic E-state index is 6.08. The molecule has 7 heteroatoms. The summed E-state index contributed by atoms with van der Waals surface area (Å²) in [5.41, 5.74) is 1.11. The number of halogens is 2. The van der Waals surface area contributed by atoms with Crippen molar-refractivity contribution in [3.05, 3.63) is 40.0 Å². The predicted octanol–water partition coefficient (Wildman–Crippen LogP) is 3.01. The molecule has 0 atom stereocenters. The van der Waals surface area contributed by atoms with E-state index in [2.05, 4.69) is 19.9 Å². The van der Waals surface area contributed by atoms with Crippen molar-refractivity contribution >= 4 is 28.9 Å². The Balaban J connectivity index is 1.58. The van der Waals surface area contributed by atoms with Gasteiger partial charge in [0.2, 0.25) is 5.89 Å². The van der Waals surface area contributed by atoms with Crippen molar-refractivity contribution in [2.24, 2.45) is 0 Å². The van der Waals surface area contributed by atoms with Crippen molar-refractivity contribution in [1.29, 1.82) is 0 Å². The highest BCUT2D eigenvalue weighted by Gasteiger charge is 2.19. The molecule has 1 aliphatic rings. The summed E-state index contributed by atoms with van der Waals surface area (Å²) in [6.45, 7) is 6.32. The molecule has 1 saturated heterocycles. The van der Waals surface area contributed by atoms with E-state index in [0.29, 0.717) is 15.9 Å². The molecule has 0 saturated carbocycles. The lowest BCUT2D eigenvalue weighted by Crippen LogP contribution is -2.46. The van der Waals surface area contributed by atoms with Gasteiger partial charge in [-0.15, -0.1) is 0 Å². The number of benzene rings is 1. The van der Waals surface area contributed by atoms with Crippen LogP contribution in [-0.4, -0.2) is 41.2 Å². The van der Waals surface area contributed by atoms with Gasteiger partial charge >= 0.3 is 0 Å². The van der Waals surface area contributed by atoms with Crippen molar-refractivity contribution in [2.75, 3.05) is 31.1 Å². The monoisotopic (exact) mass is 326 g/mol. The van der Waals surface area contributed by atoms with E-state index in [9.17, 15) is 0 Å². The van der Waals surface area contributed by atoms with Crippen molar-refractivity contribution in [3.63, 3.8) is 0 Å². The summed E-state index contributed by atoms with van der Waals surface area (Å²) in [7, 11) is 0. The maximum atomic E-state index is 6.08. The Kier molecular flexibility index (Phi) is 4.33. The molecule has 0 aliphatic carbocycles. The molecular weight excluding hydrogens is 311 g/mol. The van der Waals surface area contributed by atoms with Crippen LogP contribution in [0.2, 0.25) is 10.0 Å². The van der Waals surface area contributed by atoms with Gasteiger partial charge < -0.3 is 9.42 Å². The average molecular weight is 327 g/mol. The molecule has 1 aliphatic heterocycles. The van der Waals surface area contributed by atoms with Gasteiger partial charge in [-0.1, -0.05) is 28.4 Å². The van der Waals surface area contributed by atoms with Crippen LogP contribution >= 0.6 is 23.2 Å². The van der Waals surface area contributed by atoms with Crippen LogP contribution in [-0.2, 0) is 6.54 Å². The van der Waals surface area contributed by atoms with Gasteiger partial charge in [0.15, 0.2) is 5.82 Å². The van der Waals surface area contributed by atoms with Gasteiger partial charge in [0.25, 0.3) is 0 Å². The van der Waals surface area contributed by atoms with E-state index in [0.717, 1.165) is 44.2 Å². The summed E-state index contributed by atoms with van der Waals surface area (Å²) < 4.78 is 5.00. The fourth-order valence-electron chi connectivity index (χ4n) is 2.45. The highest BCUT2D eigenvalue weighted by molar-refractivity contribution is 6.42. The molecule has 1 aromatic heterocycles. The minimum absolute atomic E-state index is 0.589. The second-order valence-electron chi connectivity index (χ2n) is 5.09. The van der Waals surface area contributed by atoms with E-state index in [1.807, 2.05) is 18.2 Å². The third kappa shape index (κ3) is 3.48. The van der Waals surface area contributed by atoms with Gasteiger partial charge in [-0.05, 0) is 18.2 Å². The minimum Gasteiger partial charge on any atom is -0.369 e. The Morgan fingerprint density at radius 2 is 1.90 bits per heavy atom. The molecule has 5 nitrogen and oxygen atoms in total. The molecule has 0 spiro atoms. The standard InChI is InChI=1S/C14H16Cl2N4O/c1-10-17-14(18-21-10)9-19-4-6-20(7-5-19)11-2-3-12(15)13(16)8-11/h2-3,8H,4-7,9H2,1H3. The molecule has 112 valence electrons. The molecule has 1 aromatic carbocycles. The Bertz CT molecular complexity index is 623. The zero-order valence-corrected chi connectivity index (χ0v) is 13.2. The summed E-state index contributed by atoms with van der Waals surface area (Å²) >= 11 is 12.0. The van der Waals surface area contributed by atoms with E-state index < -0.39 is 0 Å². The number of piperazine rings is 1. The molecule has 3 rings (SSSR count). The van der Waals surface area contributed by atoms with E-state index in [4.69, 9.17) is 27.7 Å². The molecule has 0 unspecified atom stereocenters. The predicted molar refractivity (Wildman–Crippen MR) is 83.0 cm³/mol. The first-order valence-electron chi connectivity index (χ1n) is 6.83. The van der Waals surface area contributed by atoms with Crippen molar-refractivity contribution in [3.8, 4) is 0 Å². The van der Waals surface area contributed by atoms with Gasteiger partial charge in [-0.25, -0.2) is 0 Å². The summed E-state index contributed by atoms with van der Waals surface area (Å²) in [6.07, 6.45) is 0. The number of aryl methyl sites for hydroxylation is 1. The average Bonchev–Trinajstić information content (AvgIpc) is 2.88. The van der Waals surface area contributed by atoms with Gasteiger partial charge in [0.1, 0.15) is 0 Å². The number of hydrogen-bond acceptors (Lipinski definition) is 5. The Morgan fingerprint density at radius 3 is 2.52 bits per heavy atom. The highest BCUT2D eigenvalue weighted by atomic mass is 35.5. The Hall–Kier alpha value is -1.30. The first-order chi connectivity index (χ1) is 10.1. The lowest BCUT2D eigenvalue weighted by Gasteiger charge is -2.35. The van der Waals surface area contributed by atoms with Crippen molar-refractivity contribution in [1.82, 2.24) is 15.0 Å². The lowest BCUT2D eigenvalue weighted by atomic mass is 10.2. The number of anilines is 1. The van der Waals surface area contributed by atoms with Gasteiger partial charge in [0.05, 0.1) is 16.6 Å². The van der Waals surface area contributed by atoms with Crippen LogP contribution in [0.25, 0.3) is 0 Å². The smallest absolute Gasteiger partial charge is 0.223 e. The van der Waals surface area contributed by atoms with Crippen LogP contribution in [0.5, 0.6) is 0 Å². The molecule has 1 fully saturated rings. The van der Waals surface area contributed by atoms with Crippen molar-refractivity contribution < 1.29 is 4.52 Å². The molecule has 0 bridgehead atoms. The van der Waals surface area contributed by atoms with Gasteiger partial charge in [0, 0.05) is 38.8 Å². The van der Waals surface area contributed by atoms with E-state index in [-0.39, 0.29) is 0 Å². The fourth-order valence-corrected chi connectivity index (χ4v) is 2.74. The quantitative estimate of drug-likeness (QED) is 0.867. The van der Waals surface area contributed by atoms with Crippen molar-refractivity contribution in [2.45, 2.75) is 13.5 Å². The normalized spacial score (nSPS) is 16.4. The fraction of sp³-hybridized carbons (Fsp3) is 0.429. The SMILES string of the molecule is Cc1nc(CN2CCN(c3ccc(Cl)c(Cl)c3)CC2)no1. The van der Waals surface area contributed by atoms with Crippen LogP contribution in [0.1, 0.15) is 11.7 Å². The van der Waals surface area contributed by atoms with Crippen LogP contribution in [0.4, 0.5) is 5.69 Å². The third-order valence-corrected chi connectivity index (χ3v) is 4.31. The largest absolute Gasteiger partial charge is 0.369 e. The topological polar surface area (TPSA) is 45.4 Å². The zero-order valence-electron chi connectivity index (χ0n) is 11.7. The second kappa shape index (κ2) is 6.22. The van der Waals surface area contributed by atoms with Crippen LogP contribution in [0.3, 0.4) is 0 Å². The van der Waals surface area contributed by atoms with Gasteiger partial charge in [-0.3, -0.25) is 4.90 Å². The molecule has 0 radical (unpaired) electrons. The van der Waals surface area contributed by atoms with E-state index in [1.165, 1.54) is 0 Å². The highest BCUT2D eigenvalue weighted by Crippen LogP contribution is 2.27. The van der Waals surface area contributed by atoms with Crippen LogP contribution < -0.4 is 4.90 Å². The summed E-state index contributed by atoms with van der Waals surface area (Å²) in [5, 5.41) is 5.12. The Labute approximate surface area is 133 Å². The zero-order chi connectivity index (χ0) is 14.8. The summed E-state index contributed by atoms with van der Waals surface area (Å²) in [6, 6.07) is 5.77. The number of aromatic nitrogens is 2. The molecular formula is C14H16Cl2N4O. The summed E-state index contributed by atoms with van der Waals surface area (Å²) in [4.78, 5) is 8.86. The molecule has 2 heterocycles. The van der Waals surface area contributed by atoms with Crippen LogP contribution in [0.15, 0.2) is 22.7 Å². The number of nitrogens with zero attached hydrogens (tertiary/aromatic N) is 4. The summed E-state index contributed by atoms with van der Waals surface area (Å²) in [5.74, 6) is 1.36. The second-order valence-corrected chi connectivity index (χ2v) is 5.91. The minimum atomic E-state index is 0.589. The molecule has 0 amide bonds. The Morgan fingerprint density at radius 1 is 1.14 bits per heavy atom. The number of hydrogen-bond donors (Lipinski definition) is 0. The molecule has 2 aromatic rings. The first-order valence-corrected chi connectivity index (χ1v) is 7.59. The molecule has 21 heavy (non-hydrogen) atoms. The lowest BCUT2D eigenvalue weighted by molar-refractivity contribution is 0.240. The number of rotatable bonds is 3. The maximum Gasteiger partial charge on any atom is 0.223 e. The van der Waals surface area contributed by atoms with Gasteiger partial charge in [-0.2, -0.15) is 4.98 Å². The van der Waals surface area contributed by atoms with Crippen LogP contribution in [0, 0.1) is 6.92 Å². The van der Waals surface area contributed by atoms with E-state index >= 15 is 0 Å². The third-order valence-electron chi connectivity index (χ3n) is 3.58. The first kappa shape index (κ1) is 14.6. The molecule has 0 N–H and O–H groups in total.